The van der Waals surface area contributed by atoms with Crippen molar-refractivity contribution in [1.29, 1.82) is 0 Å². The Morgan fingerprint density at radius 2 is 2.13 bits per heavy atom. The van der Waals surface area contributed by atoms with E-state index < -0.39 is 0 Å². The van der Waals surface area contributed by atoms with Gasteiger partial charge in [0.1, 0.15) is 6.54 Å². The van der Waals surface area contributed by atoms with E-state index >= 15 is 0 Å². The zero-order chi connectivity index (χ0) is 17.5. The van der Waals surface area contributed by atoms with Crippen LogP contribution in [-0.4, -0.2) is 61.9 Å². The molecule has 0 radical (unpaired) electrons. The topological polar surface area (TPSA) is 47.9 Å². The molecule has 5 nitrogen and oxygen atoms in total. The highest BCUT2D eigenvalue weighted by atomic mass is 16.2. The maximum absolute atomic E-state index is 11.9. The molecule has 1 fully saturated rings. The fourth-order valence-corrected chi connectivity index (χ4v) is 3.09. The van der Waals surface area contributed by atoms with Gasteiger partial charge in [0, 0.05) is 33.7 Å². The number of guanidine groups is 1. The van der Waals surface area contributed by atoms with E-state index in [0.29, 0.717) is 12.0 Å². The molecule has 0 spiro atoms. The van der Waals surface area contributed by atoms with Crippen LogP contribution in [-0.2, 0) is 4.79 Å². The van der Waals surface area contributed by atoms with Crippen LogP contribution < -0.4 is 5.32 Å². The second-order valence-electron chi connectivity index (χ2n) is 7.32. The molecule has 1 atom stereocenters. The second kappa shape index (κ2) is 8.94. The summed E-state index contributed by atoms with van der Waals surface area (Å²) in [6, 6.07) is 0. The van der Waals surface area contributed by atoms with Gasteiger partial charge in [-0.3, -0.25) is 4.79 Å². The first-order valence-electron chi connectivity index (χ1n) is 8.65. The molecule has 5 heteroatoms. The molecule has 1 unspecified atom stereocenters. The number of carbonyl (C=O) groups excluding carboxylic acids is 1. The number of aliphatic imine (C=N–C) groups is 1. The first kappa shape index (κ1) is 19.5. The predicted molar refractivity (Wildman–Crippen MR) is 97.6 cm³/mol. The number of rotatable bonds is 6. The van der Waals surface area contributed by atoms with Gasteiger partial charge in [-0.15, -0.1) is 0 Å². The van der Waals surface area contributed by atoms with Gasteiger partial charge in [0.15, 0.2) is 5.96 Å². The number of nitrogens with zero attached hydrogens (tertiary/aromatic N) is 3. The minimum atomic E-state index is 0.0213. The minimum Gasteiger partial charge on any atom is -0.353 e. The fraction of sp³-hybridized carbons (Fsp3) is 0.778. The Balaban J connectivity index is 2.83. The number of likely N-dealkylation sites (N-methyl/N-ethyl adjacent to an activating group) is 1. The van der Waals surface area contributed by atoms with Crippen LogP contribution in [0.1, 0.15) is 46.5 Å². The Bertz CT molecular complexity index is 440. The molecule has 1 N–H and O–H groups in total. The zero-order valence-corrected chi connectivity index (χ0v) is 15.6. The number of hydrogen-bond acceptors (Lipinski definition) is 2. The standard InChI is InChI=1S/C18H34N4O/c1-7-9-18(4)10-8-11-22(14-18)17(19-12-15(2)3)20-13-16(23)21(5)6/h2,7-14H2,1,3-6H3,(H,19,20). The number of piperidine rings is 1. The van der Waals surface area contributed by atoms with Crippen LogP contribution in [0.4, 0.5) is 0 Å². The van der Waals surface area contributed by atoms with Crippen LogP contribution in [0.2, 0.25) is 0 Å². The Morgan fingerprint density at radius 3 is 2.70 bits per heavy atom. The number of hydrogen-bond donors (Lipinski definition) is 1. The van der Waals surface area contributed by atoms with E-state index in [1.54, 1.807) is 19.0 Å². The van der Waals surface area contributed by atoms with Gasteiger partial charge >= 0.3 is 0 Å². The normalized spacial score (nSPS) is 22.0. The quantitative estimate of drug-likeness (QED) is 0.464. The van der Waals surface area contributed by atoms with E-state index in [1.165, 1.54) is 25.7 Å². The molecule has 132 valence electrons. The average molecular weight is 322 g/mol. The van der Waals surface area contributed by atoms with Crippen LogP contribution in [0.25, 0.3) is 0 Å². The van der Waals surface area contributed by atoms with Crippen LogP contribution in [0, 0.1) is 5.41 Å². The zero-order valence-electron chi connectivity index (χ0n) is 15.6. The van der Waals surface area contributed by atoms with Crippen molar-refractivity contribution in [3.63, 3.8) is 0 Å². The number of amides is 1. The van der Waals surface area contributed by atoms with E-state index in [1.807, 2.05) is 6.92 Å². The average Bonchev–Trinajstić information content (AvgIpc) is 2.46. The van der Waals surface area contributed by atoms with Crippen molar-refractivity contribution >= 4 is 11.9 Å². The third kappa shape index (κ3) is 6.63. The van der Waals surface area contributed by atoms with Crippen LogP contribution in [0.15, 0.2) is 17.1 Å². The first-order valence-corrected chi connectivity index (χ1v) is 8.65. The predicted octanol–water partition coefficient (Wildman–Crippen LogP) is 2.50. The highest BCUT2D eigenvalue weighted by Gasteiger charge is 2.31. The van der Waals surface area contributed by atoms with Gasteiger partial charge in [0.2, 0.25) is 5.91 Å². The Hall–Kier alpha value is -1.52. The third-order valence-corrected chi connectivity index (χ3v) is 4.35. The Kier molecular flexibility index (Phi) is 7.59. The van der Waals surface area contributed by atoms with Gasteiger partial charge < -0.3 is 15.1 Å². The van der Waals surface area contributed by atoms with Gasteiger partial charge in [0.05, 0.1) is 0 Å². The van der Waals surface area contributed by atoms with Crippen molar-refractivity contribution in [2.75, 3.05) is 40.3 Å². The summed E-state index contributed by atoms with van der Waals surface area (Å²) in [6.07, 6.45) is 4.87. The van der Waals surface area contributed by atoms with Gasteiger partial charge in [-0.1, -0.05) is 32.4 Å². The second-order valence-corrected chi connectivity index (χ2v) is 7.32. The summed E-state index contributed by atoms with van der Waals surface area (Å²) < 4.78 is 0. The van der Waals surface area contributed by atoms with Crippen molar-refractivity contribution in [3.8, 4) is 0 Å². The molecular weight excluding hydrogens is 288 g/mol. The molecule has 0 aromatic rings. The van der Waals surface area contributed by atoms with Crippen molar-refractivity contribution in [2.24, 2.45) is 10.4 Å². The largest absolute Gasteiger partial charge is 0.353 e. The van der Waals surface area contributed by atoms with Crippen LogP contribution in [0.3, 0.4) is 0 Å². The molecule has 1 amide bonds. The van der Waals surface area contributed by atoms with E-state index in [2.05, 4.69) is 35.6 Å². The van der Waals surface area contributed by atoms with Crippen molar-refractivity contribution in [2.45, 2.75) is 46.5 Å². The van der Waals surface area contributed by atoms with Crippen molar-refractivity contribution in [3.05, 3.63) is 12.2 Å². The molecule has 1 aliphatic heterocycles. The molecule has 0 aromatic carbocycles. The molecule has 1 aliphatic rings. The Labute approximate surface area is 141 Å². The smallest absolute Gasteiger partial charge is 0.243 e. The molecule has 1 saturated heterocycles. The highest BCUT2D eigenvalue weighted by molar-refractivity contribution is 5.85. The fourth-order valence-electron chi connectivity index (χ4n) is 3.09. The summed E-state index contributed by atoms with van der Waals surface area (Å²) in [4.78, 5) is 20.3. The summed E-state index contributed by atoms with van der Waals surface area (Å²) in [5, 5.41) is 3.37. The molecule has 0 bridgehead atoms. The SMILES string of the molecule is C=C(C)CNC(=NCC(=O)N(C)C)N1CCCC(C)(CCC)C1. The van der Waals surface area contributed by atoms with E-state index in [4.69, 9.17) is 0 Å². The van der Waals surface area contributed by atoms with Gasteiger partial charge in [-0.05, 0) is 31.6 Å². The number of likely N-dealkylation sites (tertiary alicyclic amines) is 1. The van der Waals surface area contributed by atoms with E-state index in [0.717, 1.165) is 24.6 Å². The maximum atomic E-state index is 11.9. The summed E-state index contributed by atoms with van der Waals surface area (Å²) in [7, 11) is 3.52. The lowest BCUT2D eigenvalue weighted by Crippen LogP contribution is -2.50. The summed E-state index contributed by atoms with van der Waals surface area (Å²) in [5.41, 5.74) is 1.40. The van der Waals surface area contributed by atoms with Gasteiger partial charge in [-0.2, -0.15) is 0 Å². The highest BCUT2D eigenvalue weighted by Crippen LogP contribution is 2.33. The van der Waals surface area contributed by atoms with Crippen LogP contribution in [0.5, 0.6) is 0 Å². The molecule has 0 aromatic heterocycles. The molecular formula is C18H34N4O. The van der Waals surface area contributed by atoms with E-state index in [9.17, 15) is 4.79 Å². The minimum absolute atomic E-state index is 0.0213. The van der Waals surface area contributed by atoms with Crippen LogP contribution >= 0.6 is 0 Å². The van der Waals surface area contributed by atoms with Crippen molar-refractivity contribution < 1.29 is 4.79 Å². The number of carbonyl (C=O) groups is 1. The van der Waals surface area contributed by atoms with E-state index in [-0.39, 0.29) is 12.5 Å². The first-order chi connectivity index (χ1) is 10.8. The Morgan fingerprint density at radius 1 is 1.43 bits per heavy atom. The lowest BCUT2D eigenvalue weighted by Gasteiger charge is -2.42. The molecule has 0 saturated carbocycles. The summed E-state index contributed by atoms with van der Waals surface area (Å²) in [6.45, 7) is 13.4. The van der Waals surface area contributed by atoms with Gasteiger partial charge in [0.25, 0.3) is 0 Å². The third-order valence-electron chi connectivity index (χ3n) is 4.35. The number of nitrogens with one attached hydrogen (secondary N) is 1. The summed E-state index contributed by atoms with van der Waals surface area (Å²) in [5.74, 6) is 0.859. The molecule has 23 heavy (non-hydrogen) atoms. The lowest BCUT2D eigenvalue weighted by atomic mass is 9.78. The summed E-state index contributed by atoms with van der Waals surface area (Å²) >= 11 is 0. The monoisotopic (exact) mass is 322 g/mol. The molecule has 1 heterocycles. The molecule has 1 rings (SSSR count). The molecule has 0 aliphatic carbocycles. The lowest BCUT2D eigenvalue weighted by molar-refractivity contribution is -0.127. The van der Waals surface area contributed by atoms with Gasteiger partial charge in [-0.25, -0.2) is 4.99 Å². The van der Waals surface area contributed by atoms with Crippen molar-refractivity contribution in [1.82, 2.24) is 15.1 Å². The maximum Gasteiger partial charge on any atom is 0.243 e.